The molecule has 1 unspecified atom stereocenters. The number of aryl methyl sites for hydroxylation is 1. The van der Waals surface area contributed by atoms with Crippen LogP contribution < -0.4 is 20.2 Å². The van der Waals surface area contributed by atoms with Crippen LogP contribution in [0.25, 0.3) is 0 Å². The van der Waals surface area contributed by atoms with E-state index in [1.807, 2.05) is 48.5 Å². The predicted octanol–water partition coefficient (Wildman–Crippen LogP) is 2.62. The standard InChI is InChI=1S/C21H24N6O2/c1-13-9-15-10-18(28-3)19(29-4)11-17(15)20(14-5-7-16(22)8-6-14)25-27(13)21-23-12-24-26(21)2/h5-8,10-13H,9,22H2,1-4H3. The number of hydrazone groups is 1. The van der Waals surface area contributed by atoms with E-state index in [-0.39, 0.29) is 6.04 Å². The van der Waals surface area contributed by atoms with E-state index in [0.717, 1.165) is 28.8 Å². The summed E-state index contributed by atoms with van der Waals surface area (Å²) in [5, 5.41) is 11.1. The first-order chi connectivity index (χ1) is 14.0. The molecule has 2 aromatic carbocycles. The summed E-state index contributed by atoms with van der Waals surface area (Å²) in [5.41, 5.74) is 10.5. The van der Waals surface area contributed by atoms with Crippen LogP contribution >= 0.6 is 0 Å². The van der Waals surface area contributed by atoms with Crippen LogP contribution in [-0.2, 0) is 13.5 Å². The number of benzene rings is 2. The summed E-state index contributed by atoms with van der Waals surface area (Å²) in [6, 6.07) is 11.8. The van der Waals surface area contributed by atoms with E-state index in [1.165, 1.54) is 6.33 Å². The van der Waals surface area contributed by atoms with Crippen LogP contribution in [-0.4, -0.2) is 40.7 Å². The maximum atomic E-state index is 5.90. The summed E-state index contributed by atoms with van der Waals surface area (Å²) in [7, 11) is 5.14. The first-order valence-corrected chi connectivity index (χ1v) is 9.34. The maximum absolute atomic E-state index is 5.90. The molecule has 4 rings (SSSR count). The van der Waals surface area contributed by atoms with Gasteiger partial charge in [0.1, 0.15) is 6.33 Å². The molecule has 0 bridgehead atoms. The van der Waals surface area contributed by atoms with E-state index in [0.29, 0.717) is 23.1 Å². The van der Waals surface area contributed by atoms with Crippen molar-refractivity contribution in [3.8, 4) is 11.5 Å². The average molecular weight is 392 g/mol. The van der Waals surface area contributed by atoms with Crippen molar-refractivity contribution >= 4 is 17.3 Å². The van der Waals surface area contributed by atoms with Gasteiger partial charge in [0.25, 0.3) is 0 Å². The summed E-state index contributed by atoms with van der Waals surface area (Å²) in [5.74, 6) is 2.04. The molecule has 0 aliphatic carbocycles. The molecule has 1 atom stereocenters. The number of nitrogen functional groups attached to an aromatic ring is 1. The third-order valence-electron chi connectivity index (χ3n) is 5.08. The van der Waals surface area contributed by atoms with E-state index in [1.54, 1.807) is 18.9 Å². The highest BCUT2D eigenvalue weighted by Crippen LogP contribution is 2.35. The van der Waals surface area contributed by atoms with E-state index >= 15 is 0 Å². The van der Waals surface area contributed by atoms with Gasteiger partial charge in [-0.2, -0.15) is 15.2 Å². The Labute approximate surface area is 169 Å². The lowest BCUT2D eigenvalue weighted by molar-refractivity contribution is 0.354. The lowest BCUT2D eigenvalue weighted by Crippen LogP contribution is -2.31. The second-order valence-corrected chi connectivity index (χ2v) is 7.02. The van der Waals surface area contributed by atoms with Gasteiger partial charge in [0.2, 0.25) is 5.95 Å². The molecule has 150 valence electrons. The number of nitrogens with two attached hydrogens (primary N) is 1. The van der Waals surface area contributed by atoms with Crippen LogP contribution in [0.1, 0.15) is 23.6 Å². The van der Waals surface area contributed by atoms with Crippen LogP contribution in [0.15, 0.2) is 47.8 Å². The zero-order valence-corrected chi connectivity index (χ0v) is 17.0. The first kappa shape index (κ1) is 18.8. The highest BCUT2D eigenvalue weighted by molar-refractivity contribution is 6.14. The van der Waals surface area contributed by atoms with Gasteiger partial charge in [0.15, 0.2) is 11.5 Å². The van der Waals surface area contributed by atoms with E-state index in [9.17, 15) is 0 Å². The molecule has 0 saturated carbocycles. The van der Waals surface area contributed by atoms with Crippen LogP contribution in [0.2, 0.25) is 0 Å². The molecule has 29 heavy (non-hydrogen) atoms. The highest BCUT2D eigenvalue weighted by atomic mass is 16.5. The van der Waals surface area contributed by atoms with Crippen molar-refractivity contribution < 1.29 is 9.47 Å². The molecule has 1 aliphatic rings. The fraction of sp³-hybridized carbons (Fsp3) is 0.286. The van der Waals surface area contributed by atoms with Crippen molar-refractivity contribution in [2.45, 2.75) is 19.4 Å². The Bertz CT molecular complexity index is 1060. The number of methoxy groups -OCH3 is 2. The van der Waals surface area contributed by atoms with Gasteiger partial charge in [-0.05, 0) is 43.2 Å². The summed E-state index contributed by atoms with van der Waals surface area (Å²) in [6.07, 6.45) is 2.29. The van der Waals surface area contributed by atoms with Crippen molar-refractivity contribution in [3.63, 3.8) is 0 Å². The van der Waals surface area contributed by atoms with Crippen molar-refractivity contribution in [2.24, 2.45) is 12.1 Å². The normalized spacial score (nSPS) is 16.1. The predicted molar refractivity (Wildman–Crippen MR) is 113 cm³/mol. The molecule has 1 aliphatic heterocycles. The molecule has 2 N–H and O–H groups in total. The molecule has 0 saturated heterocycles. The number of fused-ring (bicyclic) bond motifs is 1. The van der Waals surface area contributed by atoms with Crippen molar-refractivity contribution in [1.82, 2.24) is 14.8 Å². The molecule has 8 nitrogen and oxygen atoms in total. The number of anilines is 2. The van der Waals surface area contributed by atoms with Gasteiger partial charge in [0.05, 0.1) is 26.0 Å². The van der Waals surface area contributed by atoms with Gasteiger partial charge in [-0.15, -0.1) is 0 Å². The molecule has 0 spiro atoms. The molecule has 2 heterocycles. The van der Waals surface area contributed by atoms with Crippen molar-refractivity contribution in [2.75, 3.05) is 25.0 Å². The van der Waals surface area contributed by atoms with Gasteiger partial charge in [-0.25, -0.2) is 9.69 Å². The highest BCUT2D eigenvalue weighted by Gasteiger charge is 2.28. The van der Waals surface area contributed by atoms with Crippen molar-refractivity contribution in [1.29, 1.82) is 0 Å². The molecule has 0 fully saturated rings. The summed E-state index contributed by atoms with van der Waals surface area (Å²) >= 11 is 0. The van der Waals surface area contributed by atoms with E-state index < -0.39 is 0 Å². The molecule has 1 aromatic heterocycles. The van der Waals surface area contributed by atoms with Gasteiger partial charge in [0, 0.05) is 23.9 Å². The van der Waals surface area contributed by atoms with Gasteiger partial charge in [-0.3, -0.25) is 0 Å². The third-order valence-corrected chi connectivity index (χ3v) is 5.08. The monoisotopic (exact) mass is 392 g/mol. The zero-order chi connectivity index (χ0) is 20.5. The topological polar surface area (TPSA) is 90.8 Å². The Morgan fingerprint density at radius 2 is 1.76 bits per heavy atom. The molecular formula is C21H24N6O2. The van der Waals surface area contributed by atoms with Crippen LogP contribution in [0.5, 0.6) is 11.5 Å². The molecule has 0 radical (unpaired) electrons. The Kier molecular flexibility index (Phi) is 4.84. The SMILES string of the molecule is COc1cc2c(cc1OC)C(c1ccc(N)cc1)=NN(c1ncnn1C)C(C)C2. The Morgan fingerprint density at radius 3 is 2.38 bits per heavy atom. The first-order valence-electron chi connectivity index (χ1n) is 9.34. The smallest absolute Gasteiger partial charge is 0.244 e. The fourth-order valence-electron chi connectivity index (χ4n) is 3.57. The number of hydrogen-bond donors (Lipinski definition) is 1. The van der Waals surface area contributed by atoms with E-state index in [2.05, 4.69) is 17.0 Å². The second kappa shape index (κ2) is 7.46. The minimum absolute atomic E-state index is 0.0565. The van der Waals surface area contributed by atoms with Crippen LogP contribution in [0.4, 0.5) is 11.6 Å². The van der Waals surface area contributed by atoms with Crippen molar-refractivity contribution in [3.05, 3.63) is 59.4 Å². The largest absolute Gasteiger partial charge is 0.493 e. The molecule has 0 amide bonds. The van der Waals surface area contributed by atoms with Gasteiger partial charge >= 0.3 is 0 Å². The number of ether oxygens (including phenoxy) is 2. The lowest BCUT2D eigenvalue weighted by Gasteiger charge is -2.23. The average Bonchev–Trinajstić information content (AvgIpc) is 3.09. The van der Waals surface area contributed by atoms with Gasteiger partial charge in [-0.1, -0.05) is 12.1 Å². The van der Waals surface area contributed by atoms with E-state index in [4.69, 9.17) is 20.3 Å². The maximum Gasteiger partial charge on any atom is 0.244 e. The second-order valence-electron chi connectivity index (χ2n) is 7.02. The zero-order valence-electron chi connectivity index (χ0n) is 17.0. The Balaban J connectivity index is 1.95. The Hall–Kier alpha value is -3.55. The molecular weight excluding hydrogens is 368 g/mol. The quantitative estimate of drug-likeness (QED) is 0.687. The number of hydrogen-bond acceptors (Lipinski definition) is 7. The third kappa shape index (κ3) is 3.37. The minimum Gasteiger partial charge on any atom is -0.493 e. The summed E-state index contributed by atoms with van der Waals surface area (Å²) < 4.78 is 12.8. The fourth-order valence-corrected chi connectivity index (χ4v) is 3.57. The number of rotatable bonds is 4. The summed E-state index contributed by atoms with van der Waals surface area (Å²) in [4.78, 5) is 4.41. The minimum atomic E-state index is 0.0565. The lowest BCUT2D eigenvalue weighted by atomic mass is 9.94. The number of nitrogens with zero attached hydrogens (tertiary/aromatic N) is 5. The van der Waals surface area contributed by atoms with Gasteiger partial charge < -0.3 is 15.2 Å². The van der Waals surface area contributed by atoms with Crippen LogP contribution in [0, 0.1) is 0 Å². The summed E-state index contributed by atoms with van der Waals surface area (Å²) in [6.45, 7) is 2.12. The Morgan fingerprint density at radius 1 is 1.07 bits per heavy atom. The molecule has 8 heteroatoms. The number of aromatic nitrogens is 3. The van der Waals surface area contributed by atoms with Crippen LogP contribution in [0.3, 0.4) is 0 Å². The molecule has 3 aromatic rings.